The van der Waals surface area contributed by atoms with Crippen LogP contribution < -0.4 is 11.1 Å². The highest BCUT2D eigenvalue weighted by Crippen LogP contribution is 2.34. The number of fused-ring (bicyclic) bond motifs is 2. The molecule has 6 aromatic rings. The van der Waals surface area contributed by atoms with E-state index in [1.165, 1.54) is 12.1 Å². The number of rotatable bonds is 7. The van der Waals surface area contributed by atoms with Gasteiger partial charge >= 0.3 is 0 Å². The van der Waals surface area contributed by atoms with Crippen LogP contribution in [0.15, 0.2) is 67.3 Å². The van der Waals surface area contributed by atoms with Crippen LogP contribution in [0.3, 0.4) is 0 Å². The first-order valence-corrected chi connectivity index (χ1v) is 12.2. The molecule has 5 N–H and O–H groups in total. The van der Waals surface area contributed by atoms with Crippen molar-refractivity contribution < 1.29 is 4.39 Å². The number of nitrogens with one attached hydrogen (secondary N) is 3. The molecule has 0 saturated carbocycles. The van der Waals surface area contributed by atoms with Crippen molar-refractivity contribution in [1.29, 1.82) is 0 Å². The van der Waals surface area contributed by atoms with Crippen molar-refractivity contribution in [3.63, 3.8) is 0 Å². The number of nitrogens with zero attached hydrogens (tertiary/aromatic N) is 5. The lowest BCUT2D eigenvalue weighted by molar-refractivity contribution is 0.425. The molecule has 0 amide bonds. The summed E-state index contributed by atoms with van der Waals surface area (Å²) in [6, 6.07) is 12.7. The Morgan fingerprint density at radius 3 is 2.63 bits per heavy atom. The fourth-order valence-corrected chi connectivity index (χ4v) is 4.55. The van der Waals surface area contributed by atoms with Crippen LogP contribution in [-0.4, -0.2) is 62.2 Å². The van der Waals surface area contributed by atoms with Crippen LogP contribution in [0.25, 0.3) is 55.7 Å². The molecule has 1 aromatic carbocycles. The number of nitrogen functional groups attached to an aromatic ring is 1. The van der Waals surface area contributed by atoms with Gasteiger partial charge in [0.2, 0.25) is 0 Å². The maximum atomic E-state index is 14.6. The second-order valence-electron chi connectivity index (χ2n) is 9.46. The smallest absolute Gasteiger partial charge is 0.155 e. The van der Waals surface area contributed by atoms with Crippen molar-refractivity contribution in [2.24, 2.45) is 0 Å². The van der Waals surface area contributed by atoms with Gasteiger partial charge < -0.3 is 20.9 Å². The van der Waals surface area contributed by atoms with Crippen molar-refractivity contribution in [3.8, 4) is 33.8 Å². The molecule has 0 atom stereocenters. The summed E-state index contributed by atoms with van der Waals surface area (Å²) in [5.74, 6) is -0.322. The highest BCUT2D eigenvalue weighted by molar-refractivity contribution is 6.00. The van der Waals surface area contributed by atoms with Gasteiger partial charge in [-0.2, -0.15) is 5.10 Å². The Morgan fingerprint density at radius 2 is 1.79 bits per heavy atom. The van der Waals surface area contributed by atoms with Gasteiger partial charge in [-0.05, 0) is 56.6 Å². The third kappa shape index (κ3) is 4.53. The number of anilines is 2. The average molecular weight is 508 g/mol. The Labute approximate surface area is 218 Å². The Morgan fingerprint density at radius 1 is 0.921 bits per heavy atom. The molecule has 9 nitrogen and oxygen atoms in total. The molecule has 5 heterocycles. The predicted molar refractivity (Wildman–Crippen MR) is 149 cm³/mol. The minimum Gasteiger partial charge on any atom is -0.397 e. The zero-order chi connectivity index (χ0) is 26.2. The van der Waals surface area contributed by atoms with Crippen molar-refractivity contribution in [2.45, 2.75) is 0 Å². The van der Waals surface area contributed by atoms with Crippen molar-refractivity contribution >= 4 is 33.3 Å². The van der Waals surface area contributed by atoms with Gasteiger partial charge in [0.1, 0.15) is 11.5 Å². The van der Waals surface area contributed by atoms with Gasteiger partial charge in [0, 0.05) is 76.5 Å². The molecule has 0 aliphatic carbocycles. The molecule has 38 heavy (non-hydrogen) atoms. The van der Waals surface area contributed by atoms with E-state index in [-0.39, 0.29) is 5.82 Å². The van der Waals surface area contributed by atoms with Gasteiger partial charge in [0.15, 0.2) is 5.65 Å². The molecule has 190 valence electrons. The average Bonchev–Trinajstić information content (AvgIpc) is 3.51. The van der Waals surface area contributed by atoms with Crippen molar-refractivity contribution in [1.82, 2.24) is 35.0 Å². The van der Waals surface area contributed by atoms with Gasteiger partial charge in [-0.15, -0.1) is 0 Å². The second-order valence-corrected chi connectivity index (χ2v) is 9.46. The molecule has 0 aliphatic heterocycles. The molecule has 0 unspecified atom stereocenters. The van der Waals surface area contributed by atoms with E-state index >= 15 is 0 Å². The van der Waals surface area contributed by atoms with E-state index in [2.05, 4.69) is 40.3 Å². The zero-order valence-electron chi connectivity index (χ0n) is 21.0. The van der Waals surface area contributed by atoms with Crippen LogP contribution in [-0.2, 0) is 0 Å². The van der Waals surface area contributed by atoms with Gasteiger partial charge in [-0.3, -0.25) is 15.1 Å². The first-order valence-electron chi connectivity index (χ1n) is 12.2. The number of aromatic amines is 2. The number of H-pyrrole nitrogens is 2. The lowest BCUT2D eigenvalue weighted by Crippen LogP contribution is -2.20. The minimum atomic E-state index is -0.322. The van der Waals surface area contributed by atoms with E-state index < -0.39 is 0 Å². The Balaban J connectivity index is 1.40. The van der Waals surface area contributed by atoms with E-state index in [0.717, 1.165) is 45.3 Å². The van der Waals surface area contributed by atoms with E-state index in [1.54, 1.807) is 24.8 Å². The summed E-state index contributed by atoms with van der Waals surface area (Å²) in [6.07, 6.45) is 6.85. The first kappa shape index (κ1) is 23.6. The summed E-state index contributed by atoms with van der Waals surface area (Å²) < 4.78 is 14.6. The molecule has 0 saturated heterocycles. The van der Waals surface area contributed by atoms with E-state index in [9.17, 15) is 4.39 Å². The quantitative estimate of drug-likeness (QED) is 0.242. The summed E-state index contributed by atoms with van der Waals surface area (Å²) in [5.41, 5.74) is 13.4. The number of benzene rings is 1. The molecule has 0 bridgehead atoms. The van der Waals surface area contributed by atoms with Crippen LogP contribution >= 0.6 is 0 Å². The number of aromatic nitrogens is 6. The maximum Gasteiger partial charge on any atom is 0.155 e. The molecule has 0 spiro atoms. The van der Waals surface area contributed by atoms with Gasteiger partial charge in [-0.25, -0.2) is 9.37 Å². The molecular weight excluding hydrogens is 481 g/mol. The molecule has 6 rings (SSSR count). The molecular formula is C28H26FN9. The fourth-order valence-electron chi connectivity index (χ4n) is 4.55. The molecule has 0 radical (unpaired) electrons. The zero-order valence-corrected chi connectivity index (χ0v) is 21.0. The standard InChI is InChI=1S/C28H26FN9/c1-38(2)6-5-32-21-9-16(7-19(29)11-21)26-22-12-25(35-24(22)3-4-33-26)27-23-10-18(14-34-28(23)37-36-27)17-8-20(30)15-31-13-17/h3-4,7-15,32,35H,5-6,30H2,1-2H3,(H,34,36,37). The third-order valence-corrected chi connectivity index (χ3v) is 6.37. The number of nitrogens with two attached hydrogens (primary N) is 1. The van der Waals surface area contributed by atoms with Crippen LogP contribution in [0.1, 0.15) is 0 Å². The second kappa shape index (κ2) is 9.56. The van der Waals surface area contributed by atoms with Gasteiger partial charge in [0.05, 0.1) is 17.1 Å². The summed E-state index contributed by atoms with van der Waals surface area (Å²) in [5, 5.41) is 12.6. The highest BCUT2D eigenvalue weighted by atomic mass is 19.1. The number of pyridine rings is 3. The van der Waals surface area contributed by atoms with Crippen LogP contribution in [0, 0.1) is 5.82 Å². The summed E-state index contributed by atoms with van der Waals surface area (Å²) >= 11 is 0. The van der Waals surface area contributed by atoms with Crippen LogP contribution in [0.2, 0.25) is 0 Å². The Hall–Kier alpha value is -4.83. The number of halogens is 1. The third-order valence-electron chi connectivity index (χ3n) is 6.37. The first-order chi connectivity index (χ1) is 18.4. The number of hydrogen-bond acceptors (Lipinski definition) is 7. The normalized spacial score (nSPS) is 11.6. The number of hydrogen-bond donors (Lipinski definition) is 4. The van der Waals surface area contributed by atoms with Gasteiger partial charge in [0.25, 0.3) is 0 Å². The molecule has 0 fully saturated rings. The van der Waals surface area contributed by atoms with E-state index in [1.807, 2.05) is 44.4 Å². The lowest BCUT2D eigenvalue weighted by Gasteiger charge is -2.12. The highest BCUT2D eigenvalue weighted by Gasteiger charge is 2.16. The topological polar surface area (TPSA) is 124 Å². The Bertz CT molecular complexity index is 1770. The maximum absolute atomic E-state index is 14.6. The summed E-state index contributed by atoms with van der Waals surface area (Å²) in [6.45, 7) is 1.54. The monoisotopic (exact) mass is 507 g/mol. The van der Waals surface area contributed by atoms with Crippen molar-refractivity contribution in [2.75, 3.05) is 38.2 Å². The van der Waals surface area contributed by atoms with Gasteiger partial charge in [-0.1, -0.05) is 0 Å². The molecule has 10 heteroatoms. The SMILES string of the molecule is CN(C)CCNc1cc(F)cc(-c2nccc3[nH]c(-c4n[nH]c5ncc(-c6cncc(N)c6)cc45)cc23)c1. The fraction of sp³-hybridized carbons (Fsp3) is 0.143. The predicted octanol–water partition coefficient (Wildman–Crippen LogP) is 4.93. The van der Waals surface area contributed by atoms with E-state index in [0.29, 0.717) is 34.8 Å². The van der Waals surface area contributed by atoms with Crippen LogP contribution in [0.5, 0.6) is 0 Å². The van der Waals surface area contributed by atoms with E-state index in [4.69, 9.17) is 5.73 Å². The Kier molecular flexibility index (Phi) is 5.93. The van der Waals surface area contributed by atoms with Crippen LogP contribution in [0.4, 0.5) is 15.8 Å². The lowest BCUT2D eigenvalue weighted by atomic mass is 10.1. The summed E-state index contributed by atoms with van der Waals surface area (Å²) in [4.78, 5) is 18.9. The molecule has 5 aromatic heterocycles. The number of likely N-dealkylation sites (N-methyl/N-ethyl adjacent to an activating group) is 1. The minimum absolute atomic E-state index is 0.322. The van der Waals surface area contributed by atoms with Crippen molar-refractivity contribution in [3.05, 3.63) is 73.1 Å². The largest absolute Gasteiger partial charge is 0.397 e. The molecule has 0 aliphatic rings. The summed E-state index contributed by atoms with van der Waals surface area (Å²) in [7, 11) is 4.00.